The number of carboxylic acid groups (broad SMARTS) is 1. The fourth-order valence-corrected chi connectivity index (χ4v) is 3.50. The molecule has 8 nitrogen and oxygen atoms in total. The Kier molecular flexibility index (Phi) is 6.81. The Labute approximate surface area is 179 Å². The number of carboxylic acids is 1. The van der Waals surface area contributed by atoms with Gasteiger partial charge in [-0.2, -0.15) is 13.2 Å². The van der Waals surface area contributed by atoms with E-state index in [4.69, 9.17) is 21.1 Å². The van der Waals surface area contributed by atoms with Crippen LogP contribution in [0.1, 0.15) is 25.8 Å². The number of rotatable bonds is 8. The van der Waals surface area contributed by atoms with Crippen molar-refractivity contribution in [2.45, 2.75) is 32.2 Å². The van der Waals surface area contributed by atoms with Crippen LogP contribution >= 0.6 is 11.6 Å². The van der Waals surface area contributed by atoms with Crippen LogP contribution in [0.3, 0.4) is 0 Å². The van der Waals surface area contributed by atoms with Crippen LogP contribution in [0.2, 0.25) is 5.02 Å². The lowest BCUT2D eigenvalue weighted by molar-refractivity contribution is -0.632. The van der Waals surface area contributed by atoms with E-state index >= 15 is 0 Å². The van der Waals surface area contributed by atoms with Crippen LogP contribution in [0, 0.1) is 15.5 Å². The second-order valence-corrected chi connectivity index (χ2v) is 7.08. The number of nitrogens with zero attached hydrogens (tertiary/aromatic N) is 1. The fourth-order valence-electron chi connectivity index (χ4n) is 3.28. The van der Waals surface area contributed by atoms with Gasteiger partial charge >= 0.3 is 17.9 Å². The second-order valence-electron chi connectivity index (χ2n) is 6.67. The zero-order chi connectivity index (χ0) is 23.6. The van der Waals surface area contributed by atoms with E-state index < -0.39 is 45.2 Å². The van der Waals surface area contributed by atoms with Gasteiger partial charge in [-0.3, -0.25) is 14.9 Å². The lowest BCUT2D eigenvalue weighted by Crippen LogP contribution is -2.60. The zero-order valence-electron chi connectivity index (χ0n) is 16.2. The number of halogens is 4. The first kappa shape index (κ1) is 24.4. The van der Waals surface area contributed by atoms with E-state index in [0.717, 1.165) is 25.1 Å². The molecule has 168 valence electrons. The molecule has 0 fully saturated rings. The van der Waals surface area contributed by atoms with Gasteiger partial charge in [0.2, 0.25) is 0 Å². The van der Waals surface area contributed by atoms with Crippen molar-refractivity contribution in [2.24, 2.45) is 5.41 Å². The minimum Gasteiger partial charge on any atom is -0.480 e. The Morgan fingerprint density at radius 3 is 2.48 bits per heavy atom. The van der Waals surface area contributed by atoms with Crippen LogP contribution in [0.4, 0.5) is 13.2 Å². The van der Waals surface area contributed by atoms with Gasteiger partial charge < -0.3 is 19.4 Å². The molecule has 0 amide bonds. The molecule has 12 heteroatoms. The lowest BCUT2D eigenvalue weighted by atomic mass is 9.70. The van der Waals surface area contributed by atoms with Crippen molar-refractivity contribution in [1.82, 2.24) is 0 Å². The van der Waals surface area contributed by atoms with Gasteiger partial charge in [-0.25, -0.2) is 0 Å². The minimum absolute atomic E-state index is 0.241. The van der Waals surface area contributed by atoms with Crippen LogP contribution < -0.4 is 4.74 Å². The normalized spacial score (nSPS) is 23.5. The van der Waals surface area contributed by atoms with Crippen molar-refractivity contribution >= 4 is 23.9 Å². The molecule has 1 N–H and O–H groups in total. The van der Waals surface area contributed by atoms with E-state index in [-0.39, 0.29) is 23.7 Å². The molecule has 1 aliphatic rings. The van der Waals surface area contributed by atoms with E-state index in [1.165, 1.54) is 6.92 Å². The lowest BCUT2D eigenvalue weighted by Gasteiger charge is -2.39. The quantitative estimate of drug-likeness (QED) is 0.265. The topological polar surface area (TPSA) is 116 Å². The summed E-state index contributed by atoms with van der Waals surface area (Å²) in [6, 6.07) is 2.25. The van der Waals surface area contributed by atoms with Gasteiger partial charge in [0.1, 0.15) is 17.8 Å². The highest BCUT2D eigenvalue weighted by Crippen LogP contribution is 2.48. The van der Waals surface area contributed by atoms with Gasteiger partial charge in [0.25, 0.3) is 0 Å². The monoisotopic (exact) mass is 463 g/mol. The SMILES string of the molecule is CCOC1([N+](=O)[O-])C(CC=O)=CC(Oc2ccc(C(F)(F)F)cc2Cl)=CC1(C)C(=O)O. The van der Waals surface area contributed by atoms with Crippen molar-refractivity contribution in [3.63, 3.8) is 0 Å². The number of benzene rings is 1. The number of allylic oxidation sites excluding steroid dienone is 1. The standard InChI is InChI=1S/C19H17ClF3NO7/c1-3-30-18(24(28)29)11(6-7-25)8-13(10-17(18,2)16(26)27)31-15-5-4-12(9-14(15)20)19(21,22)23/h4-5,7-10H,3,6H2,1-2H3,(H,26,27). The summed E-state index contributed by atoms with van der Waals surface area (Å²) in [4.78, 5) is 34.3. The Balaban J connectivity index is 2.62. The molecule has 0 aliphatic heterocycles. The molecule has 0 aromatic heterocycles. The number of nitro groups is 1. The molecule has 1 aromatic carbocycles. The molecular weight excluding hydrogens is 447 g/mol. The Morgan fingerprint density at radius 2 is 2.03 bits per heavy atom. The van der Waals surface area contributed by atoms with E-state index in [2.05, 4.69) is 0 Å². The fraction of sp³-hybridized carbons (Fsp3) is 0.368. The molecule has 1 aromatic rings. The molecule has 0 bridgehead atoms. The molecular formula is C19H17ClF3NO7. The number of alkyl halides is 3. The molecule has 1 aliphatic carbocycles. The van der Waals surface area contributed by atoms with E-state index in [0.29, 0.717) is 18.4 Å². The average molecular weight is 464 g/mol. The van der Waals surface area contributed by atoms with Crippen LogP contribution in [-0.4, -0.2) is 34.6 Å². The maximum absolute atomic E-state index is 12.8. The number of aliphatic carboxylic acids is 1. The van der Waals surface area contributed by atoms with Gasteiger partial charge in [0.05, 0.1) is 22.1 Å². The van der Waals surface area contributed by atoms with Crippen molar-refractivity contribution in [2.75, 3.05) is 6.61 Å². The van der Waals surface area contributed by atoms with Gasteiger partial charge in [0, 0.05) is 12.0 Å². The summed E-state index contributed by atoms with van der Waals surface area (Å²) in [7, 11) is 0. The Hall–Kier alpha value is -2.92. The molecule has 2 unspecified atom stereocenters. The smallest absolute Gasteiger partial charge is 0.416 e. The van der Waals surface area contributed by atoms with Gasteiger partial charge in [-0.1, -0.05) is 11.6 Å². The molecule has 2 atom stereocenters. The summed E-state index contributed by atoms with van der Waals surface area (Å²) in [6.45, 7) is 2.20. The molecule has 0 spiro atoms. The average Bonchev–Trinajstić information content (AvgIpc) is 2.65. The second kappa shape index (κ2) is 8.67. The van der Waals surface area contributed by atoms with Crippen LogP contribution in [0.15, 0.2) is 41.7 Å². The number of aldehydes is 1. The summed E-state index contributed by atoms with van der Waals surface area (Å²) in [5, 5.41) is 21.4. The minimum atomic E-state index is -4.64. The summed E-state index contributed by atoms with van der Waals surface area (Å²) < 4.78 is 49.2. The maximum Gasteiger partial charge on any atom is 0.416 e. The van der Waals surface area contributed by atoms with Gasteiger partial charge in [-0.05, 0) is 44.2 Å². The maximum atomic E-state index is 12.8. The summed E-state index contributed by atoms with van der Waals surface area (Å²) in [5.74, 6) is -2.16. The summed E-state index contributed by atoms with van der Waals surface area (Å²) in [6.07, 6.45) is -2.92. The van der Waals surface area contributed by atoms with Gasteiger partial charge in [0.15, 0.2) is 5.41 Å². The van der Waals surface area contributed by atoms with E-state index in [1.807, 2.05) is 0 Å². The number of ether oxygens (including phenoxy) is 2. The van der Waals surface area contributed by atoms with E-state index in [9.17, 15) is 38.0 Å². The Morgan fingerprint density at radius 1 is 1.39 bits per heavy atom. The van der Waals surface area contributed by atoms with Gasteiger partial charge in [-0.15, -0.1) is 0 Å². The number of hydrogen-bond acceptors (Lipinski definition) is 6. The first-order valence-corrected chi connectivity index (χ1v) is 9.15. The molecule has 0 saturated heterocycles. The van der Waals surface area contributed by atoms with Crippen molar-refractivity contribution in [3.05, 3.63) is 62.4 Å². The van der Waals surface area contributed by atoms with Crippen molar-refractivity contribution in [3.8, 4) is 5.75 Å². The summed E-state index contributed by atoms with van der Waals surface area (Å²) >= 11 is 5.86. The zero-order valence-corrected chi connectivity index (χ0v) is 17.0. The Bertz CT molecular complexity index is 976. The molecule has 31 heavy (non-hydrogen) atoms. The highest BCUT2D eigenvalue weighted by Gasteiger charge is 2.68. The van der Waals surface area contributed by atoms with Crippen molar-refractivity contribution in [1.29, 1.82) is 0 Å². The third-order valence-corrected chi connectivity index (χ3v) is 5.03. The van der Waals surface area contributed by atoms with Crippen LogP contribution in [-0.2, 0) is 20.5 Å². The molecule has 0 saturated carbocycles. The van der Waals surface area contributed by atoms with Crippen LogP contribution in [0.5, 0.6) is 5.75 Å². The molecule has 2 rings (SSSR count). The van der Waals surface area contributed by atoms with E-state index in [1.54, 1.807) is 0 Å². The first-order valence-electron chi connectivity index (χ1n) is 8.77. The predicted molar refractivity (Wildman–Crippen MR) is 101 cm³/mol. The van der Waals surface area contributed by atoms with Crippen LogP contribution in [0.25, 0.3) is 0 Å². The highest BCUT2D eigenvalue weighted by atomic mass is 35.5. The largest absolute Gasteiger partial charge is 0.480 e. The summed E-state index contributed by atoms with van der Waals surface area (Å²) in [5.41, 5.74) is -6.27. The third-order valence-electron chi connectivity index (χ3n) is 4.73. The molecule has 0 heterocycles. The predicted octanol–water partition coefficient (Wildman–Crippen LogP) is 4.25. The number of hydrogen-bond donors (Lipinski definition) is 1. The number of carbonyl (C=O) groups excluding carboxylic acids is 1. The number of carbonyl (C=O) groups is 2. The molecule has 0 radical (unpaired) electrons. The first-order chi connectivity index (χ1) is 14.3. The van der Waals surface area contributed by atoms with Crippen molar-refractivity contribution < 1.29 is 42.3 Å². The third kappa shape index (κ3) is 4.28. The highest BCUT2D eigenvalue weighted by molar-refractivity contribution is 6.32.